The van der Waals surface area contributed by atoms with Gasteiger partial charge in [-0.3, -0.25) is 0 Å². The largest absolute Gasteiger partial charge is 0.495 e. The molecule has 0 aliphatic carbocycles. The molecule has 3 rings (SSSR count). The second-order valence-corrected chi connectivity index (χ2v) is 5.09. The number of hydrogen-bond donors (Lipinski definition) is 0. The number of benzene rings is 2. The third-order valence-corrected chi connectivity index (χ3v) is 3.79. The summed E-state index contributed by atoms with van der Waals surface area (Å²) in [4.78, 5) is 11.9. The number of carbonyl (C=O) groups is 1. The third-order valence-electron chi connectivity index (χ3n) is 3.16. The maximum absolute atomic E-state index is 11.9. The van der Waals surface area contributed by atoms with E-state index in [1.807, 2.05) is 30.3 Å². The lowest BCUT2D eigenvalue weighted by Crippen LogP contribution is -2.02. The van der Waals surface area contributed by atoms with Crippen molar-refractivity contribution < 1.29 is 14.3 Å². The van der Waals surface area contributed by atoms with Crippen molar-refractivity contribution in [3.63, 3.8) is 0 Å². The minimum absolute atomic E-state index is 0.311. The van der Waals surface area contributed by atoms with E-state index >= 15 is 0 Å². The fraction of sp³-hybridized carbons (Fsp3) is 0.133. The molecule has 0 N–H and O–H groups in total. The molecule has 0 spiro atoms. The van der Waals surface area contributed by atoms with Gasteiger partial charge in [-0.1, -0.05) is 30.3 Å². The van der Waals surface area contributed by atoms with Crippen molar-refractivity contribution in [1.29, 1.82) is 0 Å². The van der Waals surface area contributed by atoms with Crippen molar-refractivity contribution in [1.82, 2.24) is 0 Å². The van der Waals surface area contributed by atoms with Crippen LogP contribution in [0.5, 0.6) is 5.75 Å². The molecule has 0 radical (unpaired) electrons. The Balaban J connectivity index is 2.20. The number of hydrogen-bond acceptors (Lipinski definition) is 3. The van der Waals surface area contributed by atoms with Gasteiger partial charge in [0.2, 0.25) is 0 Å². The van der Waals surface area contributed by atoms with Crippen molar-refractivity contribution in [2.75, 3.05) is 7.11 Å². The summed E-state index contributed by atoms with van der Waals surface area (Å²) in [5, 5.41) is 0. The fourth-order valence-corrected chi connectivity index (χ4v) is 2.82. The zero-order valence-corrected chi connectivity index (χ0v) is 11.8. The molecular weight excluding hydrogens is 308 g/mol. The smallest absolute Gasteiger partial charge is 0.339 e. The SMILES string of the molecule is COc1c(Br)ccc2c1C(c1ccccc1)OC2=O. The van der Waals surface area contributed by atoms with E-state index in [-0.39, 0.29) is 5.97 Å². The van der Waals surface area contributed by atoms with Crippen LogP contribution in [0, 0.1) is 0 Å². The van der Waals surface area contributed by atoms with Crippen LogP contribution in [0.2, 0.25) is 0 Å². The summed E-state index contributed by atoms with van der Waals surface area (Å²) in [6.45, 7) is 0. The zero-order valence-electron chi connectivity index (χ0n) is 10.2. The van der Waals surface area contributed by atoms with Gasteiger partial charge >= 0.3 is 5.97 Å². The van der Waals surface area contributed by atoms with Crippen LogP contribution in [0.25, 0.3) is 0 Å². The summed E-state index contributed by atoms with van der Waals surface area (Å²) in [5.41, 5.74) is 2.29. The Morgan fingerprint density at radius 3 is 2.58 bits per heavy atom. The second kappa shape index (κ2) is 4.70. The van der Waals surface area contributed by atoms with E-state index in [9.17, 15) is 4.79 Å². The molecule has 0 saturated carbocycles. The number of rotatable bonds is 2. The van der Waals surface area contributed by atoms with Gasteiger partial charge in [-0.05, 0) is 33.6 Å². The highest BCUT2D eigenvalue weighted by molar-refractivity contribution is 9.10. The summed E-state index contributed by atoms with van der Waals surface area (Å²) in [6.07, 6.45) is -0.406. The van der Waals surface area contributed by atoms with Crippen molar-refractivity contribution >= 4 is 21.9 Å². The number of esters is 1. The minimum Gasteiger partial charge on any atom is -0.495 e. The number of halogens is 1. The number of ether oxygens (including phenoxy) is 2. The van der Waals surface area contributed by atoms with Gasteiger partial charge in [0.1, 0.15) is 5.75 Å². The predicted molar refractivity (Wildman–Crippen MR) is 74.4 cm³/mol. The van der Waals surface area contributed by atoms with E-state index in [0.717, 1.165) is 15.6 Å². The lowest BCUT2D eigenvalue weighted by Gasteiger charge is -2.14. The monoisotopic (exact) mass is 318 g/mol. The van der Waals surface area contributed by atoms with Crippen LogP contribution in [0.1, 0.15) is 27.6 Å². The van der Waals surface area contributed by atoms with E-state index in [1.165, 1.54) is 0 Å². The molecule has 1 unspecified atom stereocenters. The Morgan fingerprint density at radius 1 is 1.16 bits per heavy atom. The first-order valence-corrected chi connectivity index (χ1v) is 6.64. The quantitative estimate of drug-likeness (QED) is 0.792. The Kier molecular flexibility index (Phi) is 3.03. The summed E-state index contributed by atoms with van der Waals surface area (Å²) in [7, 11) is 1.59. The van der Waals surface area contributed by atoms with Crippen LogP contribution in [0.15, 0.2) is 46.9 Å². The molecule has 1 atom stereocenters. The average Bonchev–Trinajstić information content (AvgIpc) is 2.77. The van der Waals surface area contributed by atoms with Crippen molar-refractivity contribution in [3.8, 4) is 5.75 Å². The minimum atomic E-state index is -0.406. The van der Waals surface area contributed by atoms with Gasteiger partial charge < -0.3 is 9.47 Å². The lowest BCUT2D eigenvalue weighted by molar-refractivity contribution is 0.0454. The summed E-state index contributed by atoms with van der Waals surface area (Å²) in [5.74, 6) is 0.340. The summed E-state index contributed by atoms with van der Waals surface area (Å²) < 4.78 is 11.7. The summed E-state index contributed by atoms with van der Waals surface area (Å²) >= 11 is 3.44. The Hall–Kier alpha value is -1.81. The van der Waals surface area contributed by atoms with Gasteiger partial charge in [0.05, 0.1) is 22.7 Å². The standard InChI is InChI=1S/C15H11BrO3/c1-18-14-11(16)8-7-10-12(14)13(19-15(10)17)9-5-3-2-4-6-9/h2-8,13H,1H3. The zero-order chi connectivity index (χ0) is 13.4. The van der Waals surface area contributed by atoms with E-state index in [1.54, 1.807) is 19.2 Å². The molecule has 3 nitrogen and oxygen atoms in total. The molecule has 0 bridgehead atoms. The summed E-state index contributed by atoms with van der Waals surface area (Å²) in [6, 6.07) is 13.2. The Bertz CT molecular complexity index is 637. The van der Waals surface area contributed by atoms with Crippen LogP contribution < -0.4 is 4.74 Å². The topological polar surface area (TPSA) is 35.5 Å². The molecule has 0 saturated heterocycles. The Morgan fingerprint density at radius 2 is 1.89 bits per heavy atom. The lowest BCUT2D eigenvalue weighted by atomic mass is 9.98. The molecule has 0 aromatic heterocycles. The molecule has 2 aromatic rings. The fourth-order valence-electron chi connectivity index (χ4n) is 2.31. The molecule has 1 aliphatic heterocycles. The maximum atomic E-state index is 11.9. The van der Waals surface area contributed by atoms with Gasteiger partial charge in [-0.15, -0.1) is 0 Å². The van der Waals surface area contributed by atoms with E-state index in [2.05, 4.69) is 15.9 Å². The van der Waals surface area contributed by atoms with Crippen LogP contribution >= 0.6 is 15.9 Å². The van der Waals surface area contributed by atoms with E-state index in [4.69, 9.17) is 9.47 Å². The van der Waals surface area contributed by atoms with E-state index < -0.39 is 6.10 Å². The average molecular weight is 319 g/mol. The molecule has 2 aromatic carbocycles. The molecule has 0 fully saturated rings. The van der Waals surface area contributed by atoms with Crippen LogP contribution in [0.3, 0.4) is 0 Å². The highest BCUT2D eigenvalue weighted by Crippen LogP contribution is 2.44. The number of methoxy groups -OCH3 is 1. The molecule has 1 aliphatic rings. The number of fused-ring (bicyclic) bond motifs is 1. The highest BCUT2D eigenvalue weighted by Gasteiger charge is 2.36. The second-order valence-electron chi connectivity index (χ2n) is 4.24. The van der Waals surface area contributed by atoms with Crippen LogP contribution in [-0.4, -0.2) is 13.1 Å². The van der Waals surface area contributed by atoms with Crippen molar-refractivity contribution in [3.05, 3.63) is 63.6 Å². The number of carbonyl (C=O) groups excluding carboxylic acids is 1. The molecular formula is C15H11BrO3. The van der Waals surface area contributed by atoms with Crippen molar-refractivity contribution in [2.24, 2.45) is 0 Å². The van der Waals surface area contributed by atoms with Gasteiger partial charge in [-0.2, -0.15) is 0 Å². The number of cyclic esters (lactones) is 1. The first-order chi connectivity index (χ1) is 9.22. The van der Waals surface area contributed by atoms with Crippen molar-refractivity contribution in [2.45, 2.75) is 6.10 Å². The molecule has 1 heterocycles. The highest BCUT2D eigenvalue weighted by atomic mass is 79.9. The van der Waals surface area contributed by atoms with Gasteiger partial charge in [0.25, 0.3) is 0 Å². The third kappa shape index (κ3) is 1.92. The van der Waals surface area contributed by atoms with E-state index in [0.29, 0.717) is 11.3 Å². The first-order valence-electron chi connectivity index (χ1n) is 5.84. The first kappa shape index (κ1) is 12.2. The van der Waals surface area contributed by atoms with Gasteiger partial charge in [-0.25, -0.2) is 4.79 Å². The van der Waals surface area contributed by atoms with Crippen LogP contribution in [-0.2, 0) is 4.74 Å². The molecule has 96 valence electrons. The van der Waals surface area contributed by atoms with Crippen LogP contribution in [0.4, 0.5) is 0 Å². The molecule has 19 heavy (non-hydrogen) atoms. The maximum Gasteiger partial charge on any atom is 0.339 e. The normalized spacial score (nSPS) is 16.9. The molecule has 4 heteroatoms. The van der Waals surface area contributed by atoms with Gasteiger partial charge in [0, 0.05) is 0 Å². The molecule has 0 amide bonds. The predicted octanol–water partition coefficient (Wildman–Crippen LogP) is 3.72. The van der Waals surface area contributed by atoms with Gasteiger partial charge in [0.15, 0.2) is 6.10 Å². The Labute approximate surface area is 119 Å².